The summed E-state index contributed by atoms with van der Waals surface area (Å²) in [6.07, 6.45) is 10.4. The molecule has 0 radical (unpaired) electrons. The summed E-state index contributed by atoms with van der Waals surface area (Å²) in [6.45, 7) is 4.86. The number of nitrogens with zero attached hydrogens (tertiary/aromatic N) is 2. The summed E-state index contributed by atoms with van der Waals surface area (Å²) >= 11 is 0. The van der Waals surface area contributed by atoms with E-state index in [2.05, 4.69) is 24.2 Å². The molecule has 4 rings (SSSR count). The first-order valence-electron chi connectivity index (χ1n) is 9.44. The van der Waals surface area contributed by atoms with Crippen LogP contribution in [0.2, 0.25) is 0 Å². The second kappa shape index (κ2) is 5.22. The van der Waals surface area contributed by atoms with E-state index in [0.29, 0.717) is 17.3 Å². The highest BCUT2D eigenvalue weighted by molar-refractivity contribution is 5.92. The van der Waals surface area contributed by atoms with E-state index in [1.807, 2.05) is 0 Å². The molecule has 4 fully saturated rings. The highest BCUT2D eigenvalue weighted by Crippen LogP contribution is 2.65. The van der Waals surface area contributed by atoms with Gasteiger partial charge in [-0.2, -0.15) is 0 Å². The average Bonchev–Trinajstić information content (AvgIpc) is 2.90. The third-order valence-electron chi connectivity index (χ3n) is 8.50. The lowest BCUT2D eigenvalue weighted by Crippen LogP contribution is -2.53. The molecule has 0 amide bonds. The summed E-state index contributed by atoms with van der Waals surface area (Å²) in [5.41, 5.74) is 2.64. The molecule has 128 valence electrons. The van der Waals surface area contributed by atoms with Gasteiger partial charge in [0.2, 0.25) is 0 Å². The van der Waals surface area contributed by atoms with Crippen LogP contribution in [0.15, 0.2) is 10.3 Å². The van der Waals surface area contributed by atoms with Crippen molar-refractivity contribution in [2.24, 2.45) is 44.8 Å². The Balaban J connectivity index is 1.63. The zero-order chi connectivity index (χ0) is 16.2. The summed E-state index contributed by atoms with van der Waals surface area (Å²) < 4.78 is 0. The van der Waals surface area contributed by atoms with Gasteiger partial charge in [-0.15, -0.1) is 0 Å². The zero-order valence-corrected chi connectivity index (χ0v) is 14.5. The Morgan fingerprint density at radius 2 is 1.74 bits per heavy atom. The number of fused-ring (bicyclic) bond motifs is 5. The fraction of sp³-hybridized carbons (Fsp3) is 0.895. The van der Waals surface area contributed by atoms with E-state index in [4.69, 9.17) is 5.21 Å². The molecule has 0 aromatic heterocycles. The maximum atomic E-state index is 9.41. The largest absolute Gasteiger partial charge is 0.411 e. The van der Waals surface area contributed by atoms with Crippen molar-refractivity contribution in [3.05, 3.63) is 0 Å². The maximum absolute atomic E-state index is 9.41. The van der Waals surface area contributed by atoms with Gasteiger partial charge in [-0.25, -0.2) is 0 Å². The Labute approximate surface area is 139 Å². The minimum absolute atomic E-state index is 0.144. The van der Waals surface area contributed by atoms with Crippen LogP contribution in [-0.2, 0) is 0 Å². The van der Waals surface area contributed by atoms with Gasteiger partial charge in [-0.05, 0) is 86.9 Å². The van der Waals surface area contributed by atoms with Gasteiger partial charge in [0, 0.05) is 5.41 Å². The Hall–Kier alpha value is -1.06. The maximum Gasteiger partial charge on any atom is 0.0632 e. The van der Waals surface area contributed by atoms with E-state index in [1.54, 1.807) is 0 Å². The van der Waals surface area contributed by atoms with Crippen molar-refractivity contribution in [2.45, 2.75) is 71.6 Å². The fourth-order valence-electron chi connectivity index (χ4n) is 7.10. The van der Waals surface area contributed by atoms with Crippen LogP contribution in [-0.4, -0.2) is 21.8 Å². The van der Waals surface area contributed by atoms with Crippen molar-refractivity contribution >= 4 is 11.4 Å². The van der Waals surface area contributed by atoms with Crippen LogP contribution in [0.5, 0.6) is 0 Å². The number of hydrogen-bond acceptors (Lipinski definition) is 4. The van der Waals surface area contributed by atoms with Crippen molar-refractivity contribution in [1.29, 1.82) is 0 Å². The molecule has 3 unspecified atom stereocenters. The highest BCUT2D eigenvalue weighted by atomic mass is 16.4. The molecule has 4 saturated carbocycles. The highest BCUT2D eigenvalue weighted by Gasteiger charge is 2.59. The smallest absolute Gasteiger partial charge is 0.0632 e. The molecule has 4 heteroatoms. The van der Waals surface area contributed by atoms with Gasteiger partial charge in [0.15, 0.2) is 0 Å². The summed E-state index contributed by atoms with van der Waals surface area (Å²) in [5.74, 6) is 3.00. The van der Waals surface area contributed by atoms with Crippen LogP contribution in [0.4, 0.5) is 0 Å². The van der Waals surface area contributed by atoms with Crippen molar-refractivity contribution in [3.8, 4) is 0 Å². The summed E-state index contributed by atoms with van der Waals surface area (Å²) in [4.78, 5) is 0. The molecule has 0 spiro atoms. The van der Waals surface area contributed by atoms with Gasteiger partial charge in [0.1, 0.15) is 0 Å². The third kappa shape index (κ3) is 2.02. The molecule has 0 bridgehead atoms. The summed E-state index contributed by atoms with van der Waals surface area (Å²) in [5, 5.41) is 25.8. The van der Waals surface area contributed by atoms with E-state index in [-0.39, 0.29) is 5.41 Å². The average molecular weight is 318 g/mol. The van der Waals surface area contributed by atoms with Crippen LogP contribution in [0, 0.1) is 34.5 Å². The minimum Gasteiger partial charge on any atom is -0.411 e. The molecule has 0 aromatic rings. The molecule has 2 N–H and O–H groups in total. The summed E-state index contributed by atoms with van der Waals surface area (Å²) in [6, 6.07) is 0. The predicted molar refractivity (Wildman–Crippen MR) is 90.2 cm³/mol. The lowest BCUT2D eigenvalue weighted by atomic mass is 9.45. The van der Waals surface area contributed by atoms with Crippen LogP contribution < -0.4 is 0 Å². The quantitative estimate of drug-likeness (QED) is 0.502. The van der Waals surface area contributed by atoms with Crippen molar-refractivity contribution < 1.29 is 10.4 Å². The SMILES string of the molecule is C[C@]12CCC3C(CC[C@H]4CC(=NO)CC[C@]34C)C1CCC2=NO. The lowest BCUT2D eigenvalue weighted by Gasteiger charge is -2.59. The molecule has 4 aliphatic rings. The second-order valence-electron chi connectivity index (χ2n) is 9.07. The molecule has 0 heterocycles. The van der Waals surface area contributed by atoms with E-state index in [0.717, 1.165) is 42.5 Å². The second-order valence-corrected chi connectivity index (χ2v) is 9.07. The van der Waals surface area contributed by atoms with Crippen LogP contribution >= 0.6 is 0 Å². The van der Waals surface area contributed by atoms with Gasteiger partial charge in [0.25, 0.3) is 0 Å². The molecule has 0 aromatic carbocycles. The van der Waals surface area contributed by atoms with Gasteiger partial charge >= 0.3 is 0 Å². The standard InChI is InChI=1S/C19H30N2O2/c1-18-9-7-13(20-22)11-12(18)3-4-14-15-5-6-17(21-23)19(15,2)10-8-16(14)18/h12,14-16,22-23H,3-11H2,1-2H3/t12-,14?,15?,16?,18-,19-/m0/s1. The van der Waals surface area contributed by atoms with E-state index >= 15 is 0 Å². The van der Waals surface area contributed by atoms with Crippen LogP contribution in [0.25, 0.3) is 0 Å². The molecule has 0 aliphatic heterocycles. The number of rotatable bonds is 0. The third-order valence-corrected chi connectivity index (χ3v) is 8.50. The van der Waals surface area contributed by atoms with Gasteiger partial charge in [-0.3, -0.25) is 0 Å². The molecule has 6 atom stereocenters. The van der Waals surface area contributed by atoms with Crippen molar-refractivity contribution in [3.63, 3.8) is 0 Å². The lowest BCUT2D eigenvalue weighted by molar-refractivity contribution is -0.0819. The first-order valence-corrected chi connectivity index (χ1v) is 9.44. The minimum atomic E-state index is 0.144. The van der Waals surface area contributed by atoms with E-state index in [9.17, 15) is 5.21 Å². The molecule has 0 saturated heterocycles. The van der Waals surface area contributed by atoms with Crippen molar-refractivity contribution in [2.75, 3.05) is 0 Å². The van der Waals surface area contributed by atoms with E-state index in [1.165, 1.54) is 38.5 Å². The first-order chi connectivity index (χ1) is 11.0. The summed E-state index contributed by atoms with van der Waals surface area (Å²) in [7, 11) is 0. The Morgan fingerprint density at radius 1 is 0.913 bits per heavy atom. The van der Waals surface area contributed by atoms with Crippen LogP contribution in [0.3, 0.4) is 0 Å². The van der Waals surface area contributed by atoms with Crippen LogP contribution in [0.1, 0.15) is 71.6 Å². The number of hydrogen-bond donors (Lipinski definition) is 2. The Morgan fingerprint density at radius 3 is 2.48 bits per heavy atom. The Kier molecular flexibility index (Phi) is 3.51. The molecular weight excluding hydrogens is 288 g/mol. The van der Waals surface area contributed by atoms with Gasteiger partial charge in [0.05, 0.1) is 11.4 Å². The monoisotopic (exact) mass is 318 g/mol. The van der Waals surface area contributed by atoms with E-state index < -0.39 is 0 Å². The molecular formula is C19H30N2O2. The molecule has 23 heavy (non-hydrogen) atoms. The number of oxime groups is 2. The topological polar surface area (TPSA) is 65.2 Å². The van der Waals surface area contributed by atoms with Gasteiger partial charge in [-0.1, -0.05) is 24.2 Å². The predicted octanol–water partition coefficient (Wildman–Crippen LogP) is 4.69. The molecule has 4 nitrogen and oxygen atoms in total. The van der Waals surface area contributed by atoms with Crippen molar-refractivity contribution in [1.82, 2.24) is 0 Å². The zero-order valence-electron chi connectivity index (χ0n) is 14.5. The fourth-order valence-corrected chi connectivity index (χ4v) is 7.10. The normalized spacial score (nSPS) is 53.0. The Bertz CT molecular complexity index is 558. The first kappa shape index (κ1) is 15.5. The molecule has 4 aliphatic carbocycles. The van der Waals surface area contributed by atoms with Gasteiger partial charge < -0.3 is 10.4 Å².